The van der Waals surface area contributed by atoms with E-state index in [0.717, 1.165) is 5.56 Å². The van der Waals surface area contributed by atoms with E-state index in [0.29, 0.717) is 35.7 Å². The number of Topliss-reactive ketones (excluding diaryl/α,β-unsaturated/α-hetero) is 1. The number of hydrogen-bond donors (Lipinski definition) is 1. The minimum absolute atomic E-state index is 0.101. The van der Waals surface area contributed by atoms with Gasteiger partial charge < -0.3 is 14.6 Å². The molecule has 0 saturated heterocycles. The number of aromatic nitrogens is 1. The van der Waals surface area contributed by atoms with Crippen LogP contribution < -0.4 is 5.32 Å². The fourth-order valence-corrected chi connectivity index (χ4v) is 4.22. The molecule has 0 fully saturated rings. The Morgan fingerprint density at radius 3 is 2.55 bits per heavy atom. The van der Waals surface area contributed by atoms with Gasteiger partial charge in [-0.3, -0.25) is 9.59 Å². The van der Waals surface area contributed by atoms with Gasteiger partial charge in [-0.2, -0.15) is 0 Å². The zero-order valence-electron chi connectivity index (χ0n) is 18.6. The van der Waals surface area contributed by atoms with Gasteiger partial charge in [0.15, 0.2) is 5.78 Å². The molecule has 0 unspecified atom stereocenters. The van der Waals surface area contributed by atoms with Gasteiger partial charge in [-0.15, -0.1) is 0 Å². The molecule has 1 aliphatic heterocycles. The Bertz CT molecular complexity index is 1170. The number of benzene rings is 2. The maximum Gasteiger partial charge on any atom is 0.253 e. The van der Waals surface area contributed by atoms with Crippen molar-refractivity contribution in [1.82, 2.24) is 9.88 Å². The first-order chi connectivity index (χ1) is 15.8. The molecule has 172 valence electrons. The summed E-state index contributed by atoms with van der Waals surface area (Å²) in [5.41, 5.74) is 2.70. The van der Waals surface area contributed by atoms with Gasteiger partial charge in [0, 0.05) is 18.5 Å². The van der Waals surface area contributed by atoms with E-state index < -0.39 is 11.9 Å². The van der Waals surface area contributed by atoms with Crippen LogP contribution in [0.3, 0.4) is 0 Å². The van der Waals surface area contributed by atoms with Gasteiger partial charge in [0.05, 0.1) is 36.2 Å². The predicted molar refractivity (Wildman–Crippen MR) is 120 cm³/mol. The van der Waals surface area contributed by atoms with Crippen LogP contribution in [-0.4, -0.2) is 22.9 Å². The number of hydrogen-bond acceptors (Lipinski definition) is 3. The lowest BCUT2D eigenvalue weighted by atomic mass is 9.94. The Kier molecular flexibility index (Phi) is 6.70. The zero-order valence-corrected chi connectivity index (χ0v) is 18.6. The van der Waals surface area contributed by atoms with E-state index in [1.54, 1.807) is 43.3 Å². The molecule has 7 heteroatoms. The van der Waals surface area contributed by atoms with Crippen LogP contribution in [0.4, 0.5) is 8.78 Å². The van der Waals surface area contributed by atoms with Crippen LogP contribution in [0.1, 0.15) is 69.9 Å². The number of rotatable bonds is 7. The van der Waals surface area contributed by atoms with Crippen molar-refractivity contribution in [3.05, 3.63) is 94.3 Å². The molecule has 33 heavy (non-hydrogen) atoms. The number of nitrogens with zero attached hydrogens (tertiary/aromatic N) is 1. The summed E-state index contributed by atoms with van der Waals surface area (Å²) in [4.78, 5) is 26.2. The van der Waals surface area contributed by atoms with Gasteiger partial charge in [-0.1, -0.05) is 37.3 Å². The molecule has 0 spiro atoms. The second-order valence-corrected chi connectivity index (χ2v) is 8.39. The molecule has 0 aliphatic carbocycles. The van der Waals surface area contributed by atoms with Crippen molar-refractivity contribution in [3.63, 3.8) is 0 Å². The standard InChI is InChI=1S/C26H26F2N2O3/c1-16(18-7-9-19(27)10-8-18)13-25(31)23-14-21(24-15-33-12-11-30(23)24)26(32)29-17(2)20-5-3-4-6-22(20)28/h3-10,14,16-17H,11-13,15H2,1-2H3,(H,29,32)/t16-,17+/m0/s1. The molecule has 3 aromatic rings. The number of fused-ring (bicyclic) bond motifs is 1. The first-order valence-corrected chi connectivity index (χ1v) is 11.0. The molecule has 1 N–H and O–H groups in total. The number of halogens is 2. The second kappa shape index (κ2) is 9.67. The lowest BCUT2D eigenvalue weighted by molar-refractivity contribution is 0.0781. The Balaban J connectivity index is 1.56. The minimum Gasteiger partial charge on any atom is -0.373 e. The largest absolute Gasteiger partial charge is 0.373 e. The summed E-state index contributed by atoms with van der Waals surface area (Å²) in [6.45, 7) is 4.76. The summed E-state index contributed by atoms with van der Waals surface area (Å²) < 4.78 is 34.7. The van der Waals surface area contributed by atoms with Crippen LogP contribution in [0.15, 0.2) is 54.6 Å². The van der Waals surface area contributed by atoms with Gasteiger partial charge >= 0.3 is 0 Å². The van der Waals surface area contributed by atoms with Gasteiger partial charge in [0.1, 0.15) is 11.6 Å². The average molecular weight is 453 g/mol. The van der Waals surface area contributed by atoms with Crippen molar-refractivity contribution < 1.29 is 23.1 Å². The van der Waals surface area contributed by atoms with Gasteiger partial charge in [-0.25, -0.2) is 8.78 Å². The topological polar surface area (TPSA) is 60.3 Å². The molecule has 1 aliphatic rings. The number of carbonyl (C=O) groups is 2. The summed E-state index contributed by atoms with van der Waals surface area (Å²) in [5.74, 6) is -1.30. The number of carbonyl (C=O) groups excluding carboxylic acids is 2. The van der Waals surface area contributed by atoms with E-state index in [9.17, 15) is 18.4 Å². The molecule has 4 rings (SSSR count). The lowest BCUT2D eigenvalue weighted by Crippen LogP contribution is -2.29. The van der Waals surface area contributed by atoms with Gasteiger partial charge in [0.2, 0.25) is 0 Å². The highest BCUT2D eigenvalue weighted by atomic mass is 19.1. The fourth-order valence-electron chi connectivity index (χ4n) is 4.22. The van der Waals surface area contributed by atoms with Crippen molar-refractivity contribution in [2.75, 3.05) is 6.61 Å². The SMILES string of the molecule is C[C@@H](CC(=O)c1cc(C(=O)N[C@H](C)c2ccccc2F)c2n1CCOC2)c1ccc(F)cc1. The summed E-state index contributed by atoms with van der Waals surface area (Å²) in [6.07, 6.45) is 0.225. The zero-order chi connectivity index (χ0) is 23.5. The molecular formula is C26H26F2N2O3. The quantitative estimate of drug-likeness (QED) is 0.504. The Morgan fingerprint density at radius 1 is 1.09 bits per heavy atom. The number of ketones is 1. The highest BCUT2D eigenvalue weighted by Crippen LogP contribution is 2.27. The van der Waals surface area contributed by atoms with E-state index >= 15 is 0 Å². The van der Waals surface area contributed by atoms with E-state index in [-0.39, 0.29) is 36.5 Å². The monoisotopic (exact) mass is 452 g/mol. The van der Waals surface area contributed by atoms with E-state index in [4.69, 9.17) is 4.74 Å². The summed E-state index contributed by atoms with van der Waals surface area (Å²) in [7, 11) is 0. The van der Waals surface area contributed by atoms with Crippen LogP contribution in [0, 0.1) is 11.6 Å². The van der Waals surface area contributed by atoms with Crippen molar-refractivity contribution in [3.8, 4) is 0 Å². The molecule has 0 bridgehead atoms. The lowest BCUT2D eigenvalue weighted by Gasteiger charge is -2.20. The second-order valence-electron chi connectivity index (χ2n) is 8.39. The van der Waals surface area contributed by atoms with Gasteiger partial charge in [-0.05, 0) is 42.7 Å². The Hall–Kier alpha value is -3.32. The van der Waals surface area contributed by atoms with Gasteiger partial charge in [0.25, 0.3) is 5.91 Å². The van der Waals surface area contributed by atoms with Crippen LogP contribution in [-0.2, 0) is 17.9 Å². The molecule has 0 saturated carbocycles. The minimum atomic E-state index is -0.545. The molecule has 5 nitrogen and oxygen atoms in total. The molecule has 2 heterocycles. The predicted octanol–water partition coefficient (Wildman–Crippen LogP) is 5.16. The smallest absolute Gasteiger partial charge is 0.253 e. The highest BCUT2D eigenvalue weighted by molar-refractivity contribution is 6.01. The third kappa shape index (κ3) is 4.88. The third-order valence-corrected chi connectivity index (χ3v) is 6.09. The maximum atomic E-state index is 14.1. The summed E-state index contributed by atoms with van der Waals surface area (Å²) >= 11 is 0. The normalized spacial score (nSPS) is 14.9. The molecule has 2 atom stereocenters. The van der Waals surface area contributed by atoms with Crippen molar-refractivity contribution >= 4 is 11.7 Å². The fraction of sp³-hybridized carbons (Fsp3) is 0.308. The van der Waals surface area contributed by atoms with E-state index in [1.165, 1.54) is 18.2 Å². The van der Waals surface area contributed by atoms with Crippen LogP contribution in [0.2, 0.25) is 0 Å². The summed E-state index contributed by atoms with van der Waals surface area (Å²) in [5, 5.41) is 2.83. The van der Waals surface area contributed by atoms with Crippen molar-refractivity contribution in [1.29, 1.82) is 0 Å². The highest BCUT2D eigenvalue weighted by Gasteiger charge is 2.27. The number of amides is 1. The van der Waals surface area contributed by atoms with E-state index in [1.807, 2.05) is 11.5 Å². The Morgan fingerprint density at radius 2 is 1.82 bits per heavy atom. The molecule has 2 aromatic carbocycles. The number of nitrogens with one attached hydrogen (secondary N) is 1. The Labute approximate surface area is 191 Å². The number of ether oxygens (including phenoxy) is 1. The van der Waals surface area contributed by atoms with Crippen molar-refractivity contribution in [2.45, 2.75) is 45.4 Å². The van der Waals surface area contributed by atoms with Crippen LogP contribution >= 0.6 is 0 Å². The molecule has 0 radical (unpaired) electrons. The maximum absolute atomic E-state index is 14.1. The third-order valence-electron chi connectivity index (χ3n) is 6.09. The first kappa shape index (κ1) is 22.9. The van der Waals surface area contributed by atoms with Crippen LogP contribution in [0.25, 0.3) is 0 Å². The molecule has 1 aromatic heterocycles. The molecular weight excluding hydrogens is 426 g/mol. The van der Waals surface area contributed by atoms with E-state index in [2.05, 4.69) is 5.32 Å². The van der Waals surface area contributed by atoms with Crippen LogP contribution in [0.5, 0.6) is 0 Å². The first-order valence-electron chi connectivity index (χ1n) is 11.0. The average Bonchev–Trinajstić information content (AvgIpc) is 3.20. The summed E-state index contributed by atoms with van der Waals surface area (Å²) in [6, 6.07) is 13.5. The van der Waals surface area contributed by atoms with Crippen molar-refractivity contribution in [2.24, 2.45) is 0 Å². The molecule has 1 amide bonds.